The normalized spacial score (nSPS) is 12.1. The van der Waals surface area contributed by atoms with Crippen LogP contribution in [0.5, 0.6) is 0 Å². The molecule has 400 valence electrons. The van der Waals surface area contributed by atoms with Crippen LogP contribution in [-0.4, -0.2) is 124 Å². The van der Waals surface area contributed by atoms with Gasteiger partial charge in [0.2, 0.25) is 0 Å². The minimum Gasteiger partial charge on any atom is -0.748 e. The molecule has 0 N–H and O–H groups in total. The van der Waals surface area contributed by atoms with Gasteiger partial charge in [-0.3, -0.25) is 0 Å². The number of carbonyl (C=O) groups excluding carboxylic acids is 4. The molecule has 17 heteroatoms. The molecule has 0 bridgehead atoms. The van der Waals surface area contributed by atoms with Crippen molar-refractivity contribution in [3.63, 3.8) is 0 Å². The minimum absolute atomic E-state index is 0. The van der Waals surface area contributed by atoms with Crippen molar-refractivity contribution in [3.05, 3.63) is 70.8 Å². The maximum Gasteiger partial charge on any atom is 2.00 e. The molecule has 0 amide bonds. The summed E-state index contributed by atoms with van der Waals surface area (Å²) in [5.41, 5.74) is 0.0731. The minimum atomic E-state index is -4.56. The summed E-state index contributed by atoms with van der Waals surface area (Å²) in [7, 11) is -9.12. The fourth-order valence-electron chi connectivity index (χ4n) is 7.46. The van der Waals surface area contributed by atoms with E-state index in [1.165, 1.54) is 166 Å². The Morgan fingerprint density at radius 3 is 0.789 bits per heavy atom. The maximum atomic E-state index is 12.4. The van der Waals surface area contributed by atoms with Crippen molar-refractivity contribution in [1.82, 2.24) is 0 Å². The molecule has 0 spiro atoms. The average Bonchev–Trinajstić information content (AvgIpc) is 3.34. The van der Waals surface area contributed by atoms with Crippen LogP contribution in [0.1, 0.15) is 249 Å². The summed E-state index contributed by atoms with van der Waals surface area (Å²) in [5.74, 6) is -3.00. The van der Waals surface area contributed by atoms with Gasteiger partial charge in [0.1, 0.15) is 33.5 Å². The molecule has 0 saturated heterocycles. The van der Waals surface area contributed by atoms with Gasteiger partial charge in [-0.25, -0.2) is 36.0 Å². The quantitative estimate of drug-likeness (QED) is 0.0199. The van der Waals surface area contributed by atoms with Gasteiger partial charge in [-0.05, 0) is 51.0 Å². The molecule has 0 aliphatic carbocycles. The van der Waals surface area contributed by atoms with Gasteiger partial charge in [0.25, 0.3) is 0 Å². The summed E-state index contributed by atoms with van der Waals surface area (Å²) in [6.45, 7) is 6.19. The predicted octanol–water partition coefficient (Wildman–Crippen LogP) is 12.4. The van der Waals surface area contributed by atoms with Crippen molar-refractivity contribution in [3.8, 4) is 0 Å². The van der Waals surface area contributed by atoms with Crippen LogP contribution < -0.4 is 0 Å². The van der Waals surface area contributed by atoms with Gasteiger partial charge in [0, 0.05) is 0 Å². The van der Waals surface area contributed by atoms with Crippen molar-refractivity contribution >= 4 is 81.9 Å². The van der Waals surface area contributed by atoms with E-state index in [0.717, 1.165) is 52.4 Å². The predicted molar refractivity (Wildman–Crippen MR) is 279 cm³/mol. The first-order valence-corrected chi connectivity index (χ1v) is 29.2. The van der Waals surface area contributed by atoms with Gasteiger partial charge in [-0.1, -0.05) is 205 Å². The standard InChI is InChI=1S/2C27H44O7S.Ca/c2*1-3-4-5-6-7-8-9-10-11-12-13-14-15-18-21-33-26(28)24-19-16-17-20-25(24)27(29)34-22-23(2)35(30,31)32;/h2*16-17,19-20,23H,3-15,18,21-22H2,1-2H3,(H,30,31,32);/q;;+2/p-2. The van der Waals surface area contributed by atoms with E-state index in [-0.39, 0.29) is 73.2 Å². The first kappa shape index (κ1) is 68.4. The second-order valence-corrected chi connectivity index (χ2v) is 21.9. The molecule has 2 atom stereocenters. The monoisotopic (exact) mass is 1060 g/mol. The molecule has 2 unspecified atom stereocenters. The fourth-order valence-corrected chi connectivity index (χ4v) is 7.93. The van der Waals surface area contributed by atoms with Crippen LogP contribution in [0.4, 0.5) is 0 Å². The third-order valence-electron chi connectivity index (χ3n) is 12.1. The third-order valence-corrected chi connectivity index (χ3v) is 14.3. The zero-order valence-corrected chi connectivity index (χ0v) is 47.5. The SMILES string of the molecule is CCCCCCCCCCCCCCCCOC(=O)c1ccccc1C(=O)OCC(C)S(=O)(=O)[O-].CCCCCCCCCCCCCCCCOC(=O)c1ccccc1C(=O)OCC(C)S(=O)(=O)[O-].[Ca+2]. The zero-order valence-electron chi connectivity index (χ0n) is 43.6. The molecule has 0 aromatic heterocycles. The van der Waals surface area contributed by atoms with Crippen molar-refractivity contribution in [2.24, 2.45) is 0 Å². The Bertz CT molecular complexity index is 1820. The Kier molecular flexibility index (Phi) is 41.2. The number of carbonyl (C=O) groups is 4. The van der Waals surface area contributed by atoms with E-state index in [0.29, 0.717) is 0 Å². The van der Waals surface area contributed by atoms with E-state index in [1.54, 1.807) is 24.3 Å². The van der Waals surface area contributed by atoms with Crippen LogP contribution in [0.2, 0.25) is 0 Å². The largest absolute Gasteiger partial charge is 2.00 e. The van der Waals surface area contributed by atoms with Gasteiger partial charge < -0.3 is 28.1 Å². The van der Waals surface area contributed by atoms with Crippen molar-refractivity contribution in [2.45, 2.75) is 218 Å². The van der Waals surface area contributed by atoms with Crippen LogP contribution >= 0.6 is 0 Å². The number of rotatable bonds is 40. The maximum absolute atomic E-state index is 12.4. The van der Waals surface area contributed by atoms with Crippen LogP contribution in [0.25, 0.3) is 0 Å². The van der Waals surface area contributed by atoms with Crippen LogP contribution in [-0.2, 0) is 39.2 Å². The smallest absolute Gasteiger partial charge is 0.748 e. The summed E-state index contributed by atoms with van der Waals surface area (Å²) in [5, 5.41) is -2.74. The molecule has 2 aromatic carbocycles. The molecule has 0 fully saturated rings. The molecule has 71 heavy (non-hydrogen) atoms. The van der Waals surface area contributed by atoms with E-state index in [1.807, 2.05) is 0 Å². The molecule has 2 rings (SSSR count). The van der Waals surface area contributed by atoms with Gasteiger partial charge in [-0.15, -0.1) is 0 Å². The number of hydrogen-bond acceptors (Lipinski definition) is 14. The Morgan fingerprint density at radius 1 is 0.380 bits per heavy atom. The Hall–Kier alpha value is -2.60. The van der Waals surface area contributed by atoms with Crippen LogP contribution in [0.3, 0.4) is 0 Å². The van der Waals surface area contributed by atoms with Crippen LogP contribution in [0, 0.1) is 0 Å². The Morgan fingerprint density at radius 2 is 0.577 bits per heavy atom. The second kappa shape index (κ2) is 42.7. The number of unbranched alkanes of at least 4 members (excludes halogenated alkanes) is 26. The van der Waals surface area contributed by atoms with Gasteiger partial charge in [0.15, 0.2) is 0 Å². The summed E-state index contributed by atoms with van der Waals surface area (Å²) < 4.78 is 86.2. The number of hydrogen-bond donors (Lipinski definition) is 0. The topological polar surface area (TPSA) is 220 Å². The van der Waals surface area contributed by atoms with E-state index in [4.69, 9.17) is 18.9 Å². The molecule has 2 aromatic rings. The van der Waals surface area contributed by atoms with Crippen molar-refractivity contribution < 1.29 is 64.1 Å². The third kappa shape index (κ3) is 34.5. The molecule has 0 aliphatic heterocycles. The van der Waals surface area contributed by atoms with Gasteiger partial charge in [-0.2, -0.15) is 0 Å². The number of esters is 4. The molecule has 14 nitrogen and oxygen atoms in total. The number of benzene rings is 2. The zero-order chi connectivity index (χ0) is 51.9. The van der Waals surface area contributed by atoms with Crippen molar-refractivity contribution in [2.75, 3.05) is 26.4 Å². The molecule has 0 radical (unpaired) electrons. The summed E-state index contributed by atoms with van der Waals surface area (Å²) in [6.07, 6.45) is 34.8. The Labute approximate surface area is 457 Å². The summed E-state index contributed by atoms with van der Waals surface area (Å²) >= 11 is 0. The van der Waals surface area contributed by atoms with E-state index in [9.17, 15) is 45.1 Å². The van der Waals surface area contributed by atoms with Gasteiger partial charge in [0.05, 0.1) is 46.0 Å². The molecular weight excluding hydrogens is 977 g/mol. The number of ether oxygens (including phenoxy) is 4. The molecule has 0 aliphatic rings. The first-order chi connectivity index (χ1) is 33.5. The molecular formula is C54H86CaO14S2. The van der Waals surface area contributed by atoms with Crippen molar-refractivity contribution in [1.29, 1.82) is 0 Å². The van der Waals surface area contributed by atoms with Crippen LogP contribution in [0.15, 0.2) is 48.5 Å². The average molecular weight is 1060 g/mol. The van der Waals surface area contributed by atoms with E-state index in [2.05, 4.69) is 13.8 Å². The Balaban J connectivity index is 0.00000136. The van der Waals surface area contributed by atoms with E-state index >= 15 is 0 Å². The summed E-state index contributed by atoms with van der Waals surface area (Å²) in [4.78, 5) is 49.4. The van der Waals surface area contributed by atoms with E-state index < -0.39 is 67.8 Å². The fraction of sp³-hybridized carbons (Fsp3) is 0.704. The second-order valence-electron chi connectivity index (χ2n) is 18.4. The molecule has 0 heterocycles. The molecule has 0 saturated carbocycles. The van der Waals surface area contributed by atoms with Gasteiger partial charge >= 0.3 is 61.6 Å². The first-order valence-electron chi connectivity index (χ1n) is 26.3. The summed E-state index contributed by atoms with van der Waals surface area (Å²) in [6, 6.07) is 12.1.